The van der Waals surface area contributed by atoms with Crippen LogP contribution >= 0.6 is 0 Å². The standard InChI is InChI=1S/C19H24F2N4O2/c1-19(2,10-26)25-9-17(23-11-25)24-18(27)8-22-14-4-3-12-5-13(20)6-16(21)15(12)7-14/h5-6,9,11,14,22,26H,3-4,7-8,10H2,1-2H3,(H,24,27). The van der Waals surface area contributed by atoms with E-state index in [9.17, 15) is 18.7 Å². The molecule has 0 saturated carbocycles. The van der Waals surface area contributed by atoms with Gasteiger partial charge in [0.05, 0.1) is 25.0 Å². The Hall–Kier alpha value is -2.32. The van der Waals surface area contributed by atoms with E-state index in [2.05, 4.69) is 15.6 Å². The van der Waals surface area contributed by atoms with E-state index in [0.29, 0.717) is 36.2 Å². The first-order valence-corrected chi connectivity index (χ1v) is 8.94. The van der Waals surface area contributed by atoms with Gasteiger partial charge >= 0.3 is 0 Å². The number of aliphatic hydroxyl groups excluding tert-OH is 1. The monoisotopic (exact) mass is 378 g/mol. The van der Waals surface area contributed by atoms with Crippen LogP contribution in [-0.2, 0) is 23.2 Å². The average Bonchev–Trinajstić information content (AvgIpc) is 3.09. The molecule has 1 aromatic carbocycles. The molecule has 0 spiro atoms. The highest BCUT2D eigenvalue weighted by Gasteiger charge is 2.23. The van der Waals surface area contributed by atoms with Gasteiger partial charge in [0.2, 0.25) is 5.91 Å². The average molecular weight is 378 g/mol. The normalized spacial score (nSPS) is 16.9. The lowest BCUT2D eigenvalue weighted by molar-refractivity contribution is -0.115. The first-order valence-electron chi connectivity index (χ1n) is 8.94. The number of fused-ring (bicyclic) bond motifs is 1. The Bertz CT molecular complexity index is 835. The summed E-state index contributed by atoms with van der Waals surface area (Å²) in [5.74, 6) is -0.940. The van der Waals surface area contributed by atoms with Gasteiger partial charge in [0.1, 0.15) is 11.6 Å². The lowest BCUT2D eigenvalue weighted by atomic mass is 9.88. The molecule has 1 unspecified atom stereocenters. The van der Waals surface area contributed by atoms with Crippen molar-refractivity contribution in [2.24, 2.45) is 0 Å². The van der Waals surface area contributed by atoms with Crippen molar-refractivity contribution in [3.05, 3.63) is 47.4 Å². The summed E-state index contributed by atoms with van der Waals surface area (Å²) < 4.78 is 29.0. The van der Waals surface area contributed by atoms with Crippen LogP contribution in [0.25, 0.3) is 0 Å². The number of halogens is 2. The van der Waals surface area contributed by atoms with E-state index in [1.807, 2.05) is 13.8 Å². The highest BCUT2D eigenvalue weighted by molar-refractivity contribution is 5.91. The zero-order valence-electron chi connectivity index (χ0n) is 15.4. The smallest absolute Gasteiger partial charge is 0.239 e. The van der Waals surface area contributed by atoms with Crippen molar-refractivity contribution < 1.29 is 18.7 Å². The van der Waals surface area contributed by atoms with Crippen molar-refractivity contribution in [3.63, 3.8) is 0 Å². The summed E-state index contributed by atoms with van der Waals surface area (Å²) in [7, 11) is 0. The molecule has 1 atom stereocenters. The number of aromatic nitrogens is 2. The first kappa shape index (κ1) is 19.4. The third-order valence-electron chi connectivity index (χ3n) is 4.95. The molecule has 0 saturated heterocycles. The van der Waals surface area contributed by atoms with Crippen LogP contribution in [0.2, 0.25) is 0 Å². The Morgan fingerprint density at radius 1 is 1.41 bits per heavy atom. The van der Waals surface area contributed by atoms with Crippen LogP contribution in [-0.4, -0.2) is 39.8 Å². The third-order valence-corrected chi connectivity index (χ3v) is 4.95. The van der Waals surface area contributed by atoms with Gasteiger partial charge < -0.3 is 20.3 Å². The van der Waals surface area contributed by atoms with Crippen LogP contribution in [0.5, 0.6) is 0 Å². The minimum Gasteiger partial charge on any atom is -0.394 e. The molecule has 1 aliphatic rings. The Kier molecular flexibility index (Phi) is 5.57. The van der Waals surface area contributed by atoms with E-state index >= 15 is 0 Å². The first-order chi connectivity index (χ1) is 12.8. The number of hydrogen-bond donors (Lipinski definition) is 3. The van der Waals surface area contributed by atoms with Gasteiger partial charge in [0.25, 0.3) is 0 Å². The zero-order chi connectivity index (χ0) is 19.6. The molecule has 0 radical (unpaired) electrons. The summed E-state index contributed by atoms with van der Waals surface area (Å²) in [6.45, 7) is 3.72. The molecule has 8 heteroatoms. The van der Waals surface area contributed by atoms with Gasteiger partial charge in [0.15, 0.2) is 5.82 Å². The highest BCUT2D eigenvalue weighted by atomic mass is 19.1. The number of hydrogen-bond acceptors (Lipinski definition) is 4. The van der Waals surface area contributed by atoms with Gasteiger partial charge in [-0.05, 0) is 50.3 Å². The lowest BCUT2D eigenvalue weighted by Gasteiger charge is -2.25. The fraction of sp³-hybridized carbons (Fsp3) is 0.474. The number of imidazole rings is 1. The van der Waals surface area contributed by atoms with Gasteiger partial charge in [-0.2, -0.15) is 0 Å². The number of rotatable bonds is 6. The molecule has 3 rings (SSSR count). The number of aryl methyl sites for hydroxylation is 1. The number of benzene rings is 1. The van der Waals surface area contributed by atoms with Crippen molar-refractivity contribution in [1.82, 2.24) is 14.9 Å². The predicted molar refractivity (Wildman–Crippen MR) is 97.4 cm³/mol. The maximum atomic E-state index is 13.9. The summed E-state index contributed by atoms with van der Waals surface area (Å²) in [4.78, 5) is 16.3. The van der Waals surface area contributed by atoms with E-state index in [4.69, 9.17) is 0 Å². The molecule has 1 amide bonds. The van der Waals surface area contributed by atoms with Gasteiger partial charge in [-0.15, -0.1) is 0 Å². The summed E-state index contributed by atoms with van der Waals surface area (Å²) in [6.07, 6.45) is 4.93. The number of carbonyl (C=O) groups excluding carboxylic acids is 1. The number of anilines is 1. The second kappa shape index (κ2) is 7.74. The van der Waals surface area contributed by atoms with Gasteiger partial charge in [-0.25, -0.2) is 13.8 Å². The third kappa shape index (κ3) is 4.51. The van der Waals surface area contributed by atoms with Crippen molar-refractivity contribution in [2.45, 2.75) is 44.7 Å². The molecular weight excluding hydrogens is 354 g/mol. The highest BCUT2D eigenvalue weighted by Crippen LogP contribution is 2.25. The van der Waals surface area contributed by atoms with E-state index in [1.165, 1.54) is 6.07 Å². The molecule has 1 aliphatic carbocycles. The summed E-state index contributed by atoms with van der Waals surface area (Å²) >= 11 is 0. The van der Waals surface area contributed by atoms with Gasteiger partial charge in [-0.1, -0.05) is 0 Å². The summed E-state index contributed by atoms with van der Waals surface area (Å²) in [6, 6.07) is 2.23. The molecule has 1 heterocycles. The van der Waals surface area contributed by atoms with Crippen LogP contribution in [0, 0.1) is 11.6 Å². The van der Waals surface area contributed by atoms with Crippen LogP contribution in [0.3, 0.4) is 0 Å². The molecular formula is C19H24F2N4O2. The molecule has 1 aromatic heterocycles. The Morgan fingerprint density at radius 2 is 2.19 bits per heavy atom. The Morgan fingerprint density at radius 3 is 2.93 bits per heavy atom. The number of nitrogens with zero attached hydrogens (tertiary/aromatic N) is 2. The molecule has 3 N–H and O–H groups in total. The molecule has 6 nitrogen and oxygen atoms in total. The predicted octanol–water partition coefficient (Wildman–Crippen LogP) is 1.97. The second-order valence-corrected chi connectivity index (χ2v) is 7.53. The summed E-state index contributed by atoms with van der Waals surface area (Å²) in [5, 5.41) is 15.2. The largest absolute Gasteiger partial charge is 0.394 e. The quantitative estimate of drug-likeness (QED) is 0.718. The number of aliphatic hydroxyl groups is 1. The lowest BCUT2D eigenvalue weighted by Crippen LogP contribution is -2.39. The van der Waals surface area contributed by atoms with E-state index in [0.717, 1.165) is 6.07 Å². The van der Waals surface area contributed by atoms with Crippen molar-refractivity contribution in [3.8, 4) is 0 Å². The summed E-state index contributed by atoms with van der Waals surface area (Å²) in [5.41, 5.74) is 0.713. The number of carbonyl (C=O) groups is 1. The van der Waals surface area contributed by atoms with Gasteiger partial charge in [0, 0.05) is 18.3 Å². The fourth-order valence-corrected chi connectivity index (χ4v) is 3.18. The number of nitrogens with one attached hydrogen (secondary N) is 2. The van der Waals surface area contributed by atoms with Crippen LogP contribution in [0.4, 0.5) is 14.6 Å². The minimum atomic E-state index is -0.555. The topological polar surface area (TPSA) is 79.2 Å². The molecule has 0 bridgehead atoms. The van der Waals surface area contributed by atoms with E-state index < -0.39 is 17.2 Å². The Balaban J connectivity index is 1.53. The second-order valence-electron chi connectivity index (χ2n) is 7.53. The van der Waals surface area contributed by atoms with Crippen molar-refractivity contribution in [1.29, 1.82) is 0 Å². The molecule has 0 fully saturated rings. The molecule has 27 heavy (non-hydrogen) atoms. The molecule has 2 aromatic rings. The van der Waals surface area contributed by atoms with Gasteiger partial charge in [-0.3, -0.25) is 4.79 Å². The molecule has 0 aliphatic heterocycles. The minimum absolute atomic E-state index is 0.0471. The van der Waals surface area contributed by atoms with Crippen LogP contribution < -0.4 is 10.6 Å². The number of amides is 1. The zero-order valence-corrected chi connectivity index (χ0v) is 15.4. The van der Waals surface area contributed by atoms with Crippen LogP contribution in [0.15, 0.2) is 24.7 Å². The maximum absolute atomic E-state index is 13.9. The maximum Gasteiger partial charge on any atom is 0.239 e. The SMILES string of the molecule is CC(C)(CO)n1cnc(NC(=O)CNC2CCc3cc(F)cc(F)c3C2)c1. The Labute approximate surface area is 156 Å². The van der Waals surface area contributed by atoms with E-state index in [-0.39, 0.29) is 25.1 Å². The van der Waals surface area contributed by atoms with Crippen molar-refractivity contribution >= 4 is 11.7 Å². The fourth-order valence-electron chi connectivity index (χ4n) is 3.18. The van der Waals surface area contributed by atoms with E-state index in [1.54, 1.807) is 17.1 Å². The molecule has 146 valence electrons. The van der Waals surface area contributed by atoms with Crippen molar-refractivity contribution in [2.75, 3.05) is 18.5 Å². The van der Waals surface area contributed by atoms with Crippen LogP contribution in [0.1, 0.15) is 31.4 Å².